The van der Waals surface area contributed by atoms with Gasteiger partial charge >= 0.3 is 12.1 Å². The minimum atomic E-state index is -4.59. The Bertz CT molecular complexity index is 486. The molecule has 0 saturated heterocycles. The van der Waals surface area contributed by atoms with E-state index in [1.54, 1.807) is 13.8 Å². The number of halogens is 3. The summed E-state index contributed by atoms with van der Waals surface area (Å²) in [6, 6.07) is 2.24. The summed E-state index contributed by atoms with van der Waals surface area (Å²) in [5, 5.41) is 21.0. The van der Waals surface area contributed by atoms with Crippen molar-refractivity contribution in [3.8, 4) is 0 Å². The lowest BCUT2D eigenvalue weighted by molar-refractivity contribution is -0.137. The van der Waals surface area contributed by atoms with Gasteiger partial charge in [-0.3, -0.25) is 0 Å². The number of benzene rings is 1. The molecule has 1 aromatic carbocycles. The summed E-state index contributed by atoms with van der Waals surface area (Å²) in [6.45, 7) is 3.28. The maximum atomic E-state index is 12.6. The van der Waals surface area contributed by atoms with Crippen molar-refractivity contribution in [2.45, 2.75) is 38.6 Å². The molecule has 1 rings (SSSR count). The van der Waals surface area contributed by atoms with Crippen molar-refractivity contribution < 1.29 is 28.2 Å². The number of aliphatic hydroxyl groups excluding tert-OH is 1. The van der Waals surface area contributed by atoms with Gasteiger partial charge in [0.05, 0.1) is 17.2 Å². The van der Waals surface area contributed by atoms with E-state index in [4.69, 9.17) is 5.11 Å². The van der Waals surface area contributed by atoms with Crippen LogP contribution in [0.25, 0.3) is 0 Å². The molecule has 7 heteroatoms. The summed E-state index contributed by atoms with van der Waals surface area (Å²) >= 11 is 0. The summed E-state index contributed by atoms with van der Waals surface area (Å²) in [5.74, 6) is -1.44. The molecule has 112 valence electrons. The van der Waals surface area contributed by atoms with Gasteiger partial charge in [0, 0.05) is 11.7 Å². The van der Waals surface area contributed by atoms with Gasteiger partial charge in [0.2, 0.25) is 0 Å². The van der Waals surface area contributed by atoms with Crippen LogP contribution in [0, 0.1) is 0 Å². The maximum absolute atomic E-state index is 12.6. The molecule has 0 heterocycles. The fourth-order valence-corrected chi connectivity index (χ4v) is 1.86. The molecule has 0 fully saturated rings. The van der Waals surface area contributed by atoms with E-state index in [9.17, 15) is 23.1 Å². The normalized spacial score (nSPS) is 14.7. The van der Waals surface area contributed by atoms with Crippen molar-refractivity contribution in [2.75, 3.05) is 5.32 Å². The lowest BCUT2D eigenvalue weighted by atomic mass is 10.1. The number of hydrogen-bond donors (Lipinski definition) is 3. The van der Waals surface area contributed by atoms with Crippen LogP contribution in [0.5, 0.6) is 0 Å². The molecule has 0 amide bonds. The second-order valence-corrected chi connectivity index (χ2v) is 4.69. The molecule has 0 aliphatic heterocycles. The zero-order chi connectivity index (χ0) is 15.5. The van der Waals surface area contributed by atoms with E-state index in [-0.39, 0.29) is 11.7 Å². The lowest BCUT2D eigenvalue weighted by Gasteiger charge is -2.19. The molecule has 0 radical (unpaired) electrons. The van der Waals surface area contributed by atoms with Gasteiger partial charge in [-0.05, 0) is 38.5 Å². The zero-order valence-corrected chi connectivity index (χ0v) is 11.0. The number of carboxylic acid groups (broad SMARTS) is 1. The Labute approximate surface area is 114 Å². The van der Waals surface area contributed by atoms with Gasteiger partial charge in [-0.2, -0.15) is 13.2 Å². The Morgan fingerprint density at radius 3 is 2.40 bits per heavy atom. The van der Waals surface area contributed by atoms with Crippen molar-refractivity contribution in [1.29, 1.82) is 0 Å². The van der Waals surface area contributed by atoms with Gasteiger partial charge in [0.25, 0.3) is 0 Å². The molecule has 20 heavy (non-hydrogen) atoms. The molecule has 1 aromatic rings. The summed E-state index contributed by atoms with van der Waals surface area (Å²) in [7, 11) is 0. The highest BCUT2D eigenvalue weighted by molar-refractivity contribution is 5.94. The fraction of sp³-hybridized carbons (Fsp3) is 0.462. The smallest absolute Gasteiger partial charge is 0.416 e. The van der Waals surface area contributed by atoms with Crippen molar-refractivity contribution in [3.05, 3.63) is 29.3 Å². The number of alkyl halides is 3. The van der Waals surface area contributed by atoms with Crippen LogP contribution in [0.15, 0.2) is 18.2 Å². The van der Waals surface area contributed by atoms with Crippen molar-refractivity contribution in [2.24, 2.45) is 0 Å². The second kappa shape index (κ2) is 6.13. The van der Waals surface area contributed by atoms with E-state index in [1.807, 2.05) is 0 Å². The molecular weight excluding hydrogens is 275 g/mol. The number of nitrogens with one attached hydrogen (secondary N) is 1. The average molecular weight is 291 g/mol. The first-order valence-electron chi connectivity index (χ1n) is 6.00. The van der Waals surface area contributed by atoms with Crippen LogP contribution in [0.1, 0.15) is 36.2 Å². The lowest BCUT2D eigenvalue weighted by Crippen LogP contribution is -2.22. The first-order chi connectivity index (χ1) is 9.11. The highest BCUT2D eigenvalue weighted by Crippen LogP contribution is 2.32. The summed E-state index contributed by atoms with van der Waals surface area (Å²) in [5.41, 5.74) is -1.36. The predicted octanol–water partition coefficient (Wildman–Crippen LogP) is 2.97. The molecule has 2 unspecified atom stereocenters. The predicted molar refractivity (Wildman–Crippen MR) is 67.8 cm³/mol. The third kappa shape index (κ3) is 4.41. The molecule has 0 aliphatic rings. The standard InChI is InChI=1S/C13H16F3NO3/c1-7(5-8(2)18)17-11-4-3-9(13(14,15)16)6-10(11)12(19)20/h3-4,6-8,17-18H,5H2,1-2H3,(H,19,20). The molecule has 0 spiro atoms. The number of aromatic carboxylic acids is 1. The van der Waals surface area contributed by atoms with Gasteiger partial charge in [0.15, 0.2) is 0 Å². The van der Waals surface area contributed by atoms with E-state index in [1.165, 1.54) is 0 Å². The van der Waals surface area contributed by atoms with Gasteiger partial charge in [-0.1, -0.05) is 0 Å². The Balaban J connectivity index is 3.05. The summed E-state index contributed by atoms with van der Waals surface area (Å²) in [6.07, 6.45) is -4.84. The largest absolute Gasteiger partial charge is 0.478 e. The molecule has 0 saturated carbocycles. The van der Waals surface area contributed by atoms with Crippen molar-refractivity contribution in [1.82, 2.24) is 0 Å². The molecule has 0 aromatic heterocycles. The molecular formula is C13H16F3NO3. The quantitative estimate of drug-likeness (QED) is 0.780. The number of carboxylic acids is 1. The Morgan fingerprint density at radius 1 is 1.35 bits per heavy atom. The minimum Gasteiger partial charge on any atom is -0.478 e. The van der Waals surface area contributed by atoms with Gasteiger partial charge in [-0.25, -0.2) is 4.79 Å². The van der Waals surface area contributed by atoms with Crippen LogP contribution < -0.4 is 5.32 Å². The Morgan fingerprint density at radius 2 is 1.95 bits per heavy atom. The topological polar surface area (TPSA) is 69.6 Å². The molecule has 4 nitrogen and oxygen atoms in total. The number of anilines is 1. The minimum absolute atomic E-state index is 0.0960. The highest BCUT2D eigenvalue weighted by atomic mass is 19.4. The van der Waals surface area contributed by atoms with Crippen molar-refractivity contribution in [3.63, 3.8) is 0 Å². The van der Waals surface area contributed by atoms with E-state index < -0.39 is 29.4 Å². The third-order valence-electron chi connectivity index (χ3n) is 2.67. The Kier molecular flexibility index (Phi) is 4.99. The first-order valence-corrected chi connectivity index (χ1v) is 6.00. The van der Waals surface area contributed by atoms with Gasteiger partial charge in [0.1, 0.15) is 0 Å². The van der Waals surface area contributed by atoms with Gasteiger partial charge in [-0.15, -0.1) is 0 Å². The van der Waals surface area contributed by atoms with E-state index in [0.29, 0.717) is 12.5 Å². The average Bonchev–Trinajstić information content (AvgIpc) is 2.26. The van der Waals surface area contributed by atoms with Crippen LogP contribution in [0.3, 0.4) is 0 Å². The molecule has 2 atom stereocenters. The Hall–Kier alpha value is -1.76. The van der Waals surface area contributed by atoms with E-state index in [0.717, 1.165) is 12.1 Å². The second-order valence-electron chi connectivity index (χ2n) is 4.69. The fourth-order valence-electron chi connectivity index (χ4n) is 1.86. The first kappa shape index (κ1) is 16.3. The number of carbonyl (C=O) groups is 1. The summed E-state index contributed by atoms with van der Waals surface area (Å²) in [4.78, 5) is 11.0. The SMILES string of the molecule is CC(O)CC(C)Nc1ccc(C(F)(F)F)cc1C(=O)O. The number of rotatable bonds is 5. The summed E-state index contributed by atoms with van der Waals surface area (Å²) < 4.78 is 37.7. The number of aliphatic hydroxyl groups is 1. The van der Waals surface area contributed by atoms with Crippen LogP contribution in [-0.2, 0) is 6.18 Å². The van der Waals surface area contributed by atoms with E-state index >= 15 is 0 Å². The molecule has 0 bridgehead atoms. The van der Waals surface area contributed by atoms with Crippen molar-refractivity contribution >= 4 is 11.7 Å². The monoisotopic (exact) mass is 291 g/mol. The van der Waals surface area contributed by atoms with E-state index in [2.05, 4.69) is 5.32 Å². The van der Waals surface area contributed by atoms with Crippen LogP contribution >= 0.6 is 0 Å². The highest BCUT2D eigenvalue weighted by Gasteiger charge is 2.31. The zero-order valence-electron chi connectivity index (χ0n) is 11.0. The van der Waals surface area contributed by atoms with Gasteiger partial charge < -0.3 is 15.5 Å². The van der Waals surface area contributed by atoms with Crippen LogP contribution in [0.2, 0.25) is 0 Å². The van der Waals surface area contributed by atoms with Crippen LogP contribution in [0.4, 0.5) is 18.9 Å². The maximum Gasteiger partial charge on any atom is 0.416 e. The third-order valence-corrected chi connectivity index (χ3v) is 2.67. The molecule has 0 aliphatic carbocycles. The molecule has 3 N–H and O–H groups in total. The number of hydrogen-bond acceptors (Lipinski definition) is 3. The van der Waals surface area contributed by atoms with Crippen LogP contribution in [-0.4, -0.2) is 28.3 Å².